The standard InChI is InChI=1S/C10H21NO4/c1-10(2,13-3)15-9(6-8-12)5-7-11-14-4/h7,9,12H,5-6,8H2,1-4H3/b11-7-. The van der Waals surface area contributed by atoms with Gasteiger partial charge in [0, 0.05) is 26.4 Å². The number of nitrogens with zero attached hydrogens (tertiary/aromatic N) is 1. The average molecular weight is 219 g/mol. The Hall–Kier alpha value is -0.650. The second kappa shape index (κ2) is 7.62. The van der Waals surface area contributed by atoms with Crippen LogP contribution in [0.15, 0.2) is 5.16 Å². The van der Waals surface area contributed by atoms with E-state index in [1.54, 1.807) is 13.3 Å². The summed E-state index contributed by atoms with van der Waals surface area (Å²) in [4.78, 5) is 4.55. The lowest BCUT2D eigenvalue weighted by molar-refractivity contribution is -0.223. The quantitative estimate of drug-likeness (QED) is 0.378. The van der Waals surface area contributed by atoms with Crippen molar-refractivity contribution in [2.45, 2.75) is 38.6 Å². The molecule has 0 aliphatic heterocycles. The third kappa shape index (κ3) is 7.30. The molecule has 0 heterocycles. The molecule has 15 heavy (non-hydrogen) atoms. The molecule has 0 amide bonds. The van der Waals surface area contributed by atoms with E-state index < -0.39 is 5.79 Å². The van der Waals surface area contributed by atoms with Gasteiger partial charge in [0.05, 0.1) is 6.10 Å². The van der Waals surface area contributed by atoms with E-state index >= 15 is 0 Å². The lowest BCUT2D eigenvalue weighted by Crippen LogP contribution is -2.33. The van der Waals surface area contributed by atoms with E-state index in [1.807, 2.05) is 13.8 Å². The molecule has 0 aromatic rings. The Morgan fingerprint density at radius 2 is 2.07 bits per heavy atom. The van der Waals surface area contributed by atoms with Crippen LogP contribution in [-0.4, -0.2) is 44.0 Å². The van der Waals surface area contributed by atoms with Crippen LogP contribution in [0, 0.1) is 0 Å². The van der Waals surface area contributed by atoms with Gasteiger partial charge in [0.2, 0.25) is 0 Å². The van der Waals surface area contributed by atoms with Gasteiger partial charge in [-0.2, -0.15) is 0 Å². The molecule has 0 aromatic carbocycles. The van der Waals surface area contributed by atoms with Gasteiger partial charge in [-0.3, -0.25) is 0 Å². The number of methoxy groups -OCH3 is 1. The van der Waals surface area contributed by atoms with Crippen LogP contribution in [0.4, 0.5) is 0 Å². The van der Waals surface area contributed by atoms with E-state index in [4.69, 9.17) is 14.6 Å². The van der Waals surface area contributed by atoms with Crippen molar-refractivity contribution in [3.05, 3.63) is 0 Å². The maximum absolute atomic E-state index is 8.87. The fourth-order valence-electron chi connectivity index (χ4n) is 1.05. The summed E-state index contributed by atoms with van der Waals surface area (Å²) in [5.74, 6) is -0.652. The number of oxime groups is 1. The molecule has 0 aliphatic carbocycles. The molecule has 0 rings (SSSR count). The predicted molar refractivity (Wildman–Crippen MR) is 57.8 cm³/mol. The number of aliphatic hydroxyl groups excluding tert-OH is 1. The number of aliphatic hydroxyl groups is 1. The minimum Gasteiger partial charge on any atom is -0.399 e. The van der Waals surface area contributed by atoms with Crippen LogP contribution in [0.25, 0.3) is 0 Å². The molecule has 1 unspecified atom stereocenters. The van der Waals surface area contributed by atoms with E-state index in [0.29, 0.717) is 12.8 Å². The first-order valence-corrected chi connectivity index (χ1v) is 4.94. The van der Waals surface area contributed by atoms with Crippen LogP contribution in [-0.2, 0) is 14.3 Å². The van der Waals surface area contributed by atoms with Gasteiger partial charge >= 0.3 is 0 Å². The Bertz CT molecular complexity index is 182. The van der Waals surface area contributed by atoms with Gasteiger partial charge in [-0.15, -0.1) is 0 Å². The van der Waals surface area contributed by atoms with Crippen LogP contribution >= 0.6 is 0 Å². The highest BCUT2D eigenvalue weighted by Gasteiger charge is 2.22. The van der Waals surface area contributed by atoms with Gasteiger partial charge in [-0.05, 0) is 20.3 Å². The molecule has 0 saturated heterocycles. The molecule has 5 nitrogen and oxygen atoms in total. The maximum Gasteiger partial charge on any atom is 0.162 e. The second-order valence-corrected chi connectivity index (χ2v) is 3.56. The van der Waals surface area contributed by atoms with Gasteiger partial charge in [-0.1, -0.05) is 5.16 Å². The second-order valence-electron chi connectivity index (χ2n) is 3.56. The number of ether oxygens (including phenoxy) is 2. The lowest BCUT2D eigenvalue weighted by atomic mass is 10.2. The summed E-state index contributed by atoms with van der Waals surface area (Å²) in [6, 6.07) is 0. The van der Waals surface area contributed by atoms with E-state index in [2.05, 4.69) is 9.99 Å². The fraction of sp³-hybridized carbons (Fsp3) is 0.900. The zero-order valence-corrected chi connectivity index (χ0v) is 9.90. The van der Waals surface area contributed by atoms with E-state index in [9.17, 15) is 0 Å². The smallest absolute Gasteiger partial charge is 0.162 e. The summed E-state index contributed by atoms with van der Waals surface area (Å²) in [5, 5.41) is 12.5. The SMILES string of the molecule is CO/N=C\CC(CCO)OC(C)(C)OC. The van der Waals surface area contributed by atoms with Gasteiger partial charge in [0.1, 0.15) is 7.11 Å². The van der Waals surface area contributed by atoms with Crippen molar-refractivity contribution in [1.29, 1.82) is 0 Å². The van der Waals surface area contributed by atoms with Crippen molar-refractivity contribution in [2.24, 2.45) is 5.16 Å². The van der Waals surface area contributed by atoms with E-state index in [1.165, 1.54) is 7.11 Å². The average Bonchev–Trinajstić information content (AvgIpc) is 2.18. The Kier molecular flexibility index (Phi) is 7.29. The van der Waals surface area contributed by atoms with Gasteiger partial charge in [0.25, 0.3) is 0 Å². The molecule has 0 saturated carbocycles. The van der Waals surface area contributed by atoms with Crippen molar-refractivity contribution in [3.8, 4) is 0 Å². The molecule has 0 aliphatic rings. The van der Waals surface area contributed by atoms with Crippen LogP contribution in [0.5, 0.6) is 0 Å². The number of rotatable bonds is 8. The zero-order valence-electron chi connectivity index (χ0n) is 9.90. The Balaban J connectivity index is 4.08. The molecule has 1 N–H and O–H groups in total. The van der Waals surface area contributed by atoms with E-state index in [0.717, 1.165) is 0 Å². The largest absolute Gasteiger partial charge is 0.399 e. The van der Waals surface area contributed by atoms with Crippen LogP contribution in [0.1, 0.15) is 26.7 Å². The molecule has 90 valence electrons. The Labute approximate surface area is 91.0 Å². The monoisotopic (exact) mass is 219 g/mol. The molecule has 0 aromatic heterocycles. The van der Waals surface area contributed by atoms with Gasteiger partial charge in [0.15, 0.2) is 5.79 Å². The number of hydrogen-bond acceptors (Lipinski definition) is 5. The van der Waals surface area contributed by atoms with Gasteiger partial charge < -0.3 is 19.4 Å². The first-order valence-electron chi connectivity index (χ1n) is 4.94. The van der Waals surface area contributed by atoms with Crippen molar-refractivity contribution >= 4 is 6.21 Å². The van der Waals surface area contributed by atoms with Crippen LogP contribution < -0.4 is 0 Å². The van der Waals surface area contributed by atoms with Gasteiger partial charge in [-0.25, -0.2) is 0 Å². The van der Waals surface area contributed by atoms with Crippen molar-refractivity contribution < 1.29 is 19.4 Å². The van der Waals surface area contributed by atoms with E-state index in [-0.39, 0.29) is 12.7 Å². The fourth-order valence-corrected chi connectivity index (χ4v) is 1.05. The van der Waals surface area contributed by atoms with Crippen molar-refractivity contribution in [2.75, 3.05) is 20.8 Å². The summed E-state index contributed by atoms with van der Waals surface area (Å²) in [7, 11) is 3.07. The summed E-state index contributed by atoms with van der Waals surface area (Å²) in [5.41, 5.74) is 0. The van der Waals surface area contributed by atoms with Crippen LogP contribution in [0.3, 0.4) is 0 Å². The highest BCUT2D eigenvalue weighted by molar-refractivity contribution is 5.56. The minimum absolute atomic E-state index is 0.0747. The summed E-state index contributed by atoms with van der Waals surface area (Å²) in [6.45, 7) is 3.72. The molecule has 1 atom stereocenters. The third-order valence-electron chi connectivity index (χ3n) is 1.94. The molecule has 0 radical (unpaired) electrons. The Morgan fingerprint density at radius 3 is 2.53 bits per heavy atom. The first-order chi connectivity index (χ1) is 7.05. The molecule has 0 spiro atoms. The highest BCUT2D eigenvalue weighted by Crippen LogP contribution is 2.16. The lowest BCUT2D eigenvalue weighted by Gasteiger charge is -2.28. The Morgan fingerprint density at radius 1 is 1.40 bits per heavy atom. The molecule has 0 bridgehead atoms. The first kappa shape index (κ1) is 14.3. The summed E-state index contributed by atoms with van der Waals surface area (Å²) in [6.07, 6.45) is 2.62. The normalized spacial score (nSPS) is 14.5. The third-order valence-corrected chi connectivity index (χ3v) is 1.94. The topological polar surface area (TPSA) is 60.3 Å². The number of hydrogen-bond donors (Lipinski definition) is 1. The van der Waals surface area contributed by atoms with Crippen molar-refractivity contribution in [1.82, 2.24) is 0 Å². The maximum atomic E-state index is 8.87. The molecule has 0 fully saturated rings. The summed E-state index contributed by atoms with van der Waals surface area (Å²) < 4.78 is 10.8. The molecular weight excluding hydrogens is 198 g/mol. The predicted octanol–water partition coefficient (Wildman–Crippen LogP) is 1.16. The minimum atomic E-state index is -0.652. The van der Waals surface area contributed by atoms with Crippen molar-refractivity contribution in [3.63, 3.8) is 0 Å². The summed E-state index contributed by atoms with van der Waals surface area (Å²) >= 11 is 0. The zero-order chi connectivity index (χ0) is 11.7. The molecule has 5 heteroatoms. The molecular formula is C10H21NO4. The van der Waals surface area contributed by atoms with Crippen LogP contribution in [0.2, 0.25) is 0 Å². The highest BCUT2D eigenvalue weighted by atomic mass is 16.7.